The molecule has 4 nitrogen and oxygen atoms in total. The normalized spacial score (nSPS) is 27.6. The van der Waals surface area contributed by atoms with Gasteiger partial charge in [-0.25, -0.2) is 0 Å². The number of hydrogen-bond acceptors (Lipinski definition) is 4. The second-order valence-electron chi connectivity index (χ2n) is 5.18. The van der Waals surface area contributed by atoms with Crippen molar-refractivity contribution in [2.45, 2.75) is 37.9 Å². The number of hydrogen-bond donors (Lipinski definition) is 1. The van der Waals surface area contributed by atoms with E-state index in [0.717, 1.165) is 17.6 Å². The van der Waals surface area contributed by atoms with Crippen LogP contribution >= 0.6 is 0 Å². The minimum atomic E-state index is -0.529. The zero-order valence-corrected chi connectivity index (χ0v) is 11.4. The fraction of sp³-hybridized carbons (Fsp3) is 0.500. The average molecular weight is 276 g/mol. The van der Waals surface area contributed by atoms with Crippen molar-refractivity contribution in [2.24, 2.45) is 0 Å². The topological polar surface area (TPSA) is 47.9 Å². The van der Waals surface area contributed by atoms with E-state index in [9.17, 15) is 5.11 Å². The maximum atomic E-state index is 10.1. The van der Waals surface area contributed by atoms with Crippen LogP contribution in [0.25, 0.3) is 0 Å². The predicted molar refractivity (Wildman–Crippen MR) is 74.0 cm³/mol. The summed E-state index contributed by atoms with van der Waals surface area (Å²) in [5, 5.41) is 10.1. The van der Waals surface area contributed by atoms with Gasteiger partial charge in [-0.2, -0.15) is 0 Å². The summed E-state index contributed by atoms with van der Waals surface area (Å²) >= 11 is 0. The molecule has 4 heteroatoms. The number of benzene rings is 1. The fourth-order valence-corrected chi connectivity index (χ4v) is 2.56. The molecule has 1 N–H and O–H groups in total. The van der Waals surface area contributed by atoms with Crippen LogP contribution in [0.1, 0.15) is 18.4 Å². The van der Waals surface area contributed by atoms with Gasteiger partial charge in [-0.3, -0.25) is 0 Å². The van der Waals surface area contributed by atoms with Crippen molar-refractivity contribution in [3.8, 4) is 0 Å². The van der Waals surface area contributed by atoms with Gasteiger partial charge in [0.05, 0.1) is 32.0 Å². The Morgan fingerprint density at radius 1 is 1.15 bits per heavy atom. The molecule has 2 aliphatic rings. The number of ether oxygens (including phenoxy) is 3. The molecule has 1 aliphatic heterocycles. The second-order valence-corrected chi connectivity index (χ2v) is 5.18. The van der Waals surface area contributed by atoms with E-state index in [4.69, 9.17) is 14.2 Å². The third-order valence-electron chi connectivity index (χ3n) is 3.62. The first-order valence-corrected chi connectivity index (χ1v) is 7.11. The van der Waals surface area contributed by atoms with Crippen LogP contribution in [0.2, 0.25) is 0 Å². The van der Waals surface area contributed by atoms with Crippen molar-refractivity contribution in [2.75, 3.05) is 13.2 Å². The van der Waals surface area contributed by atoms with Crippen molar-refractivity contribution in [1.29, 1.82) is 0 Å². The van der Waals surface area contributed by atoms with Crippen LogP contribution in [0.15, 0.2) is 42.0 Å². The third kappa shape index (κ3) is 3.27. The van der Waals surface area contributed by atoms with Crippen LogP contribution in [0.3, 0.4) is 0 Å². The molecule has 1 aromatic rings. The summed E-state index contributed by atoms with van der Waals surface area (Å²) in [6, 6.07) is 10.0. The van der Waals surface area contributed by atoms with Crippen molar-refractivity contribution in [3.05, 3.63) is 47.5 Å². The molecule has 108 valence electrons. The molecular formula is C16H20O4. The highest BCUT2D eigenvalue weighted by Gasteiger charge is 2.32. The summed E-state index contributed by atoms with van der Waals surface area (Å²) in [6.07, 6.45) is 2.43. The number of aliphatic hydroxyl groups excluding tert-OH is 1. The van der Waals surface area contributed by atoms with Crippen LogP contribution in [-0.4, -0.2) is 36.8 Å². The molecule has 20 heavy (non-hydrogen) atoms. The molecule has 0 radical (unpaired) electrons. The SMILES string of the molecule is O[C@@H]1C[C@@H](OCc2ccccc2)C=C1C1OCCCO1. The molecule has 0 unspecified atom stereocenters. The minimum absolute atomic E-state index is 0.0747. The van der Waals surface area contributed by atoms with Crippen molar-refractivity contribution < 1.29 is 19.3 Å². The Labute approximate surface area is 119 Å². The lowest BCUT2D eigenvalue weighted by Crippen LogP contribution is -2.30. The van der Waals surface area contributed by atoms with Gasteiger partial charge in [0, 0.05) is 12.0 Å². The lowest BCUT2D eigenvalue weighted by molar-refractivity contribution is -0.161. The Bertz CT molecular complexity index is 451. The van der Waals surface area contributed by atoms with Gasteiger partial charge >= 0.3 is 0 Å². The van der Waals surface area contributed by atoms with E-state index in [-0.39, 0.29) is 6.10 Å². The minimum Gasteiger partial charge on any atom is -0.388 e. The molecule has 0 spiro atoms. The highest BCUT2D eigenvalue weighted by atomic mass is 16.7. The van der Waals surface area contributed by atoms with E-state index in [0.29, 0.717) is 26.2 Å². The van der Waals surface area contributed by atoms with Crippen LogP contribution in [-0.2, 0) is 20.8 Å². The maximum Gasteiger partial charge on any atom is 0.182 e. The molecular weight excluding hydrogens is 256 g/mol. The summed E-state index contributed by atoms with van der Waals surface area (Å²) in [7, 11) is 0. The molecule has 0 amide bonds. The molecule has 1 fully saturated rings. The lowest BCUT2D eigenvalue weighted by Gasteiger charge is -2.25. The van der Waals surface area contributed by atoms with E-state index < -0.39 is 12.4 Å². The molecule has 1 aliphatic carbocycles. The lowest BCUT2D eigenvalue weighted by atomic mass is 10.2. The van der Waals surface area contributed by atoms with E-state index in [1.54, 1.807) is 0 Å². The van der Waals surface area contributed by atoms with Gasteiger partial charge in [0.15, 0.2) is 6.29 Å². The number of rotatable bonds is 4. The van der Waals surface area contributed by atoms with E-state index in [1.807, 2.05) is 36.4 Å². The Balaban J connectivity index is 1.57. The second kappa shape index (κ2) is 6.50. The monoisotopic (exact) mass is 276 g/mol. The summed E-state index contributed by atoms with van der Waals surface area (Å²) < 4.78 is 16.9. The fourth-order valence-electron chi connectivity index (χ4n) is 2.56. The van der Waals surface area contributed by atoms with Gasteiger partial charge in [0.1, 0.15) is 0 Å². The average Bonchev–Trinajstić information content (AvgIpc) is 2.88. The Kier molecular flexibility index (Phi) is 4.47. The zero-order chi connectivity index (χ0) is 13.8. The summed E-state index contributed by atoms with van der Waals surface area (Å²) in [4.78, 5) is 0. The van der Waals surface area contributed by atoms with E-state index >= 15 is 0 Å². The molecule has 3 rings (SSSR count). The van der Waals surface area contributed by atoms with Crippen LogP contribution < -0.4 is 0 Å². The zero-order valence-electron chi connectivity index (χ0n) is 11.4. The maximum absolute atomic E-state index is 10.1. The molecule has 0 saturated carbocycles. The molecule has 2 atom stereocenters. The number of aliphatic hydroxyl groups is 1. The Morgan fingerprint density at radius 2 is 1.90 bits per heavy atom. The first kappa shape index (κ1) is 13.8. The third-order valence-corrected chi connectivity index (χ3v) is 3.62. The van der Waals surface area contributed by atoms with Crippen molar-refractivity contribution in [1.82, 2.24) is 0 Å². The molecule has 0 aromatic heterocycles. The van der Waals surface area contributed by atoms with Crippen LogP contribution in [0.5, 0.6) is 0 Å². The van der Waals surface area contributed by atoms with Gasteiger partial charge < -0.3 is 19.3 Å². The Hall–Kier alpha value is -1.20. The quantitative estimate of drug-likeness (QED) is 0.855. The molecule has 1 heterocycles. The van der Waals surface area contributed by atoms with Crippen molar-refractivity contribution in [3.63, 3.8) is 0 Å². The molecule has 1 saturated heterocycles. The van der Waals surface area contributed by atoms with Crippen LogP contribution in [0, 0.1) is 0 Å². The highest BCUT2D eigenvalue weighted by molar-refractivity contribution is 5.21. The largest absolute Gasteiger partial charge is 0.388 e. The van der Waals surface area contributed by atoms with E-state index in [1.165, 1.54) is 0 Å². The van der Waals surface area contributed by atoms with Gasteiger partial charge in [0.2, 0.25) is 0 Å². The van der Waals surface area contributed by atoms with Gasteiger partial charge in [-0.05, 0) is 18.1 Å². The summed E-state index contributed by atoms with van der Waals surface area (Å²) in [5.74, 6) is 0. The smallest absolute Gasteiger partial charge is 0.182 e. The standard InChI is InChI=1S/C16H20O4/c17-15-10-13(20-11-12-5-2-1-3-6-12)9-14(15)16-18-7-4-8-19-16/h1-3,5-6,9,13,15-17H,4,7-8,10-11H2/t13-,15+/m0/s1. The van der Waals surface area contributed by atoms with E-state index in [2.05, 4.69) is 0 Å². The Morgan fingerprint density at radius 3 is 2.65 bits per heavy atom. The first-order chi connectivity index (χ1) is 9.83. The van der Waals surface area contributed by atoms with Gasteiger partial charge in [0.25, 0.3) is 0 Å². The van der Waals surface area contributed by atoms with Gasteiger partial charge in [-0.15, -0.1) is 0 Å². The van der Waals surface area contributed by atoms with Crippen molar-refractivity contribution >= 4 is 0 Å². The first-order valence-electron chi connectivity index (χ1n) is 7.11. The summed E-state index contributed by atoms with van der Waals surface area (Å²) in [6.45, 7) is 1.92. The van der Waals surface area contributed by atoms with Crippen LogP contribution in [0.4, 0.5) is 0 Å². The van der Waals surface area contributed by atoms with Gasteiger partial charge in [-0.1, -0.05) is 30.3 Å². The predicted octanol–water partition coefficient (Wildman–Crippen LogP) is 2.03. The molecule has 1 aromatic carbocycles. The molecule has 0 bridgehead atoms. The highest BCUT2D eigenvalue weighted by Crippen LogP contribution is 2.28. The summed E-state index contributed by atoms with van der Waals surface area (Å²) in [5.41, 5.74) is 1.94.